The first-order valence-corrected chi connectivity index (χ1v) is 6.95. The SMILES string of the molecule is CCC(CC)n1ccc(CC(CCOC)NC)n1. The molecule has 0 radical (unpaired) electrons. The number of methoxy groups -OCH3 is 1. The summed E-state index contributed by atoms with van der Waals surface area (Å²) in [6, 6.07) is 3.11. The van der Waals surface area contributed by atoms with Crippen molar-refractivity contribution in [3.8, 4) is 0 Å². The molecule has 1 aromatic heterocycles. The van der Waals surface area contributed by atoms with Crippen LogP contribution in [0.2, 0.25) is 0 Å². The van der Waals surface area contributed by atoms with Gasteiger partial charge in [0.05, 0.1) is 11.7 Å². The summed E-state index contributed by atoms with van der Waals surface area (Å²) in [6.45, 7) is 5.22. The van der Waals surface area contributed by atoms with E-state index in [1.807, 2.05) is 7.05 Å². The monoisotopic (exact) mass is 253 g/mol. The summed E-state index contributed by atoms with van der Waals surface area (Å²) < 4.78 is 7.23. The van der Waals surface area contributed by atoms with Crippen LogP contribution in [0.3, 0.4) is 0 Å². The van der Waals surface area contributed by atoms with Crippen LogP contribution in [0.1, 0.15) is 44.8 Å². The lowest BCUT2D eigenvalue weighted by atomic mass is 10.1. The van der Waals surface area contributed by atoms with Gasteiger partial charge in [-0.1, -0.05) is 13.8 Å². The number of ether oxygens (including phenoxy) is 1. The van der Waals surface area contributed by atoms with Crippen LogP contribution in [0.4, 0.5) is 0 Å². The molecule has 4 nitrogen and oxygen atoms in total. The highest BCUT2D eigenvalue weighted by Crippen LogP contribution is 2.15. The third kappa shape index (κ3) is 4.42. The number of hydrogen-bond donors (Lipinski definition) is 1. The smallest absolute Gasteiger partial charge is 0.0640 e. The lowest BCUT2D eigenvalue weighted by Gasteiger charge is -2.15. The van der Waals surface area contributed by atoms with E-state index in [1.165, 1.54) is 0 Å². The fourth-order valence-corrected chi connectivity index (χ4v) is 2.21. The summed E-state index contributed by atoms with van der Waals surface area (Å²) in [5.74, 6) is 0. The van der Waals surface area contributed by atoms with Gasteiger partial charge in [0.2, 0.25) is 0 Å². The van der Waals surface area contributed by atoms with Crippen molar-refractivity contribution >= 4 is 0 Å². The minimum atomic E-state index is 0.440. The van der Waals surface area contributed by atoms with Crippen LogP contribution in [0.15, 0.2) is 12.3 Å². The first-order valence-electron chi connectivity index (χ1n) is 6.95. The zero-order valence-electron chi connectivity index (χ0n) is 12.1. The number of nitrogens with one attached hydrogen (secondary N) is 1. The van der Waals surface area contributed by atoms with Gasteiger partial charge in [0.25, 0.3) is 0 Å². The first-order chi connectivity index (χ1) is 8.74. The van der Waals surface area contributed by atoms with Gasteiger partial charge in [-0.25, -0.2) is 0 Å². The molecular formula is C14H27N3O. The molecule has 0 aliphatic rings. The molecule has 0 spiro atoms. The third-order valence-electron chi connectivity index (χ3n) is 3.51. The Bertz CT molecular complexity index is 321. The van der Waals surface area contributed by atoms with E-state index in [0.29, 0.717) is 12.1 Å². The van der Waals surface area contributed by atoms with E-state index in [4.69, 9.17) is 4.74 Å². The van der Waals surface area contributed by atoms with Crippen molar-refractivity contribution in [1.29, 1.82) is 0 Å². The molecule has 1 unspecified atom stereocenters. The third-order valence-corrected chi connectivity index (χ3v) is 3.51. The van der Waals surface area contributed by atoms with Gasteiger partial charge in [-0.15, -0.1) is 0 Å². The highest BCUT2D eigenvalue weighted by Gasteiger charge is 2.11. The maximum Gasteiger partial charge on any atom is 0.0640 e. The van der Waals surface area contributed by atoms with Crippen LogP contribution in [-0.4, -0.2) is 36.6 Å². The van der Waals surface area contributed by atoms with Crippen molar-refractivity contribution in [2.45, 2.75) is 51.6 Å². The van der Waals surface area contributed by atoms with Crippen molar-refractivity contribution in [2.75, 3.05) is 20.8 Å². The maximum atomic E-state index is 5.12. The van der Waals surface area contributed by atoms with Gasteiger partial charge in [0.1, 0.15) is 0 Å². The average Bonchev–Trinajstić information content (AvgIpc) is 2.84. The molecule has 0 saturated heterocycles. The van der Waals surface area contributed by atoms with Crippen LogP contribution in [0.25, 0.3) is 0 Å². The predicted octanol–water partition coefficient (Wildman–Crippen LogP) is 2.41. The van der Waals surface area contributed by atoms with Crippen molar-refractivity contribution in [3.63, 3.8) is 0 Å². The van der Waals surface area contributed by atoms with E-state index in [-0.39, 0.29) is 0 Å². The summed E-state index contributed by atoms with van der Waals surface area (Å²) in [7, 11) is 3.74. The molecule has 0 aliphatic heterocycles. The molecule has 0 amide bonds. The molecule has 0 aromatic carbocycles. The summed E-state index contributed by atoms with van der Waals surface area (Å²) >= 11 is 0. The number of hydrogen-bond acceptors (Lipinski definition) is 3. The summed E-state index contributed by atoms with van der Waals surface area (Å²) in [6.07, 6.45) is 6.36. The Balaban J connectivity index is 2.56. The fraction of sp³-hybridized carbons (Fsp3) is 0.786. The summed E-state index contributed by atoms with van der Waals surface area (Å²) in [4.78, 5) is 0. The molecule has 4 heteroatoms. The van der Waals surface area contributed by atoms with Crippen LogP contribution in [0.5, 0.6) is 0 Å². The van der Waals surface area contributed by atoms with Gasteiger partial charge in [-0.3, -0.25) is 4.68 Å². The Morgan fingerprint density at radius 1 is 1.39 bits per heavy atom. The quantitative estimate of drug-likeness (QED) is 0.734. The lowest BCUT2D eigenvalue weighted by Crippen LogP contribution is -2.29. The molecule has 1 aromatic rings. The Kier molecular flexibility index (Phi) is 6.98. The second kappa shape index (κ2) is 8.27. The Hall–Kier alpha value is -0.870. The molecule has 0 saturated carbocycles. The largest absolute Gasteiger partial charge is 0.385 e. The number of rotatable bonds is 9. The molecule has 1 heterocycles. The highest BCUT2D eigenvalue weighted by atomic mass is 16.5. The van der Waals surface area contributed by atoms with Crippen molar-refractivity contribution in [1.82, 2.24) is 15.1 Å². The normalized spacial score (nSPS) is 13.2. The van der Waals surface area contributed by atoms with Gasteiger partial charge in [-0.2, -0.15) is 5.10 Å². The second-order valence-corrected chi connectivity index (χ2v) is 4.73. The molecule has 1 rings (SSSR count). The molecule has 0 aliphatic carbocycles. The predicted molar refractivity (Wildman–Crippen MR) is 74.9 cm³/mol. The highest BCUT2D eigenvalue weighted by molar-refractivity contribution is 5.02. The van der Waals surface area contributed by atoms with Crippen LogP contribution in [-0.2, 0) is 11.2 Å². The van der Waals surface area contributed by atoms with E-state index in [9.17, 15) is 0 Å². The minimum absolute atomic E-state index is 0.440. The van der Waals surface area contributed by atoms with E-state index in [2.05, 4.69) is 41.2 Å². The maximum absolute atomic E-state index is 5.12. The van der Waals surface area contributed by atoms with Gasteiger partial charge in [-0.05, 0) is 32.4 Å². The van der Waals surface area contributed by atoms with E-state index < -0.39 is 0 Å². The lowest BCUT2D eigenvalue weighted by molar-refractivity contribution is 0.183. The minimum Gasteiger partial charge on any atom is -0.385 e. The molecule has 104 valence electrons. The Morgan fingerprint density at radius 2 is 2.11 bits per heavy atom. The standard InChI is InChI=1S/C14H27N3O/c1-5-14(6-2)17-9-7-13(16-17)11-12(15-3)8-10-18-4/h7,9,12,14-15H,5-6,8,10-11H2,1-4H3. The number of nitrogens with zero attached hydrogens (tertiary/aromatic N) is 2. The van der Waals surface area contributed by atoms with Gasteiger partial charge in [0.15, 0.2) is 0 Å². The zero-order chi connectivity index (χ0) is 13.4. The second-order valence-electron chi connectivity index (χ2n) is 4.73. The fourth-order valence-electron chi connectivity index (χ4n) is 2.21. The summed E-state index contributed by atoms with van der Waals surface area (Å²) in [5.41, 5.74) is 1.16. The van der Waals surface area contributed by atoms with E-state index >= 15 is 0 Å². The Labute approximate surface area is 111 Å². The van der Waals surface area contributed by atoms with Crippen molar-refractivity contribution in [2.24, 2.45) is 0 Å². The van der Waals surface area contributed by atoms with Gasteiger partial charge < -0.3 is 10.1 Å². The van der Waals surface area contributed by atoms with Crippen molar-refractivity contribution in [3.05, 3.63) is 18.0 Å². The van der Waals surface area contributed by atoms with Gasteiger partial charge >= 0.3 is 0 Å². The molecular weight excluding hydrogens is 226 g/mol. The molecule has 0 bridgehead atoms. The van der Waals surface area contributed by atoms with Crippen LogP contribution >= 0.6 is 0 Å². The average molecular weight is 253 g/mol. The molecule has 1 N–H and O–H groups in total. The Morgan fingerprint density at radius 3 is 2.67 bits per heavy atom. The van der Waals surface area contributed by atoms with Gasteiger partial charge in [0, 0.05) is 32.4 Å². The zero-order valence-corrected chi connectivity index (χ0v) is 12.1. The number of aromatic nitrogens is 2. The molecule has 1 atom stereocenters. The van der Waals surface area contributed by atoms with E-state index in [0.717, 1.165) is 38.0 Å². The number of likely N-dealkylation sites (N-methyl/N-ethyl adjacent to an activating group) is 1. The van der Waals surface area contributed by atoms with Crippen LogP contribution < -0.4 is 5.32 Å². The first kappa shape index (κ1) is 15.2. The van der Waals surface area contributed by atoms with E-state index in [1.54, 1.807) is 7.11 Å². The molecule has 18 heavy (non-hydrogen) atoms. The van der Waals surface area contributed by atoms with Crippen molar-refractivity contribution < 1.29 is 4.74 Å². The topological polar surface area (TPSA) is 39.1 Å². The summed E-state index contributed by atoms with van der Waals surface area (Å²) in [5, 5.41) is 8.01. The molecule has 0 fully saturated rings. The van der Waals surface area contributed by atoms with Crippen LogP contribution in [0, 0.1) is 0 Å².